The second kappa shape index (κ2) is 8.00. The highest BCUT2D eigenvalue weighted by molar-refractivity contribution is 7.89. The molecule has 0 radical (unpaired) electrons. The van der Waals surface area contributed by atoms with Crippen molar-refractivity contribution in [3.8, 4) is 0 Å². The molecule has 3 amide bonds. The van der Waals surface area contributed by atoms with Crippen molar-refractivity contribution >= 4 is 33.4 Å². The molecule has 1 aliphatic heterocycles. The topological polar surface area (TPSA) is 104 Å². The third-order valence-corrected chi connectivity index (χ3v) is 7.24. The number of likely N-dealkylation sites (tertiary alicyclic amines) is 1. The molecule has 2 atom stereocenters. The van der Waals surface area contributed by atoms with Gasteiger partial charge in [-0.05, 0) is 37.1 Å². The van der Waals surface area contributed by atoms with E-state index in [-0.39, 0.29) is 47.4 Å². The van der Waals surface area contributed by atoms with Crippen LogP contribution in [0.15, 0.2) is 29.2 Å². The van der Waals surface area contributed by atoms with E-state index < -0.39 is 10.0 Å². The molecular weight excluding hydrogens is 382 g/mol. The summed E-state index contributed by atoms with van der Waals surface area (Å²) in [5, 5.41) is 2.67. The molecule has 0 aromatic heterocycles. The molecule has 0 unspecified atom stereocenters. The number of carbonyl (C=O) groups is 3. The minimum Gasteiger partial charge on any atom is -0.326 e. The second-order valence-electron chi connectivity index (χ2n) is 7.44. The third-order valence-electron chi connectivity index (χ3n) is 5.41. The minimum atomic E-state index is -3.53. The molecule has 1 saturated carbocycles. The van der Waals surface area contributed by atoms with E-state index in [9.17, 15) is 22.8 Å². The van der Waals surface area contributed by atoms with Crippen molar-refractivity contribution in [1.82, 2.24) is 9.21 Å². The number of sulfonamides is 1. The van der Waals surface area contributed by atoms with Gasteiger partial charge in [-0.3, -0.25) is 19.3 Å². The van der Waals surface area contributed by atoms with Gasteiger partial charge in [-0.2, -0.15) is 0 Å². The molecule has 152 valence electrons. The van der Waals surface area contributed by atoms with Gasteiger partial charge in [-0.1, -0.05) is 12.8 Å². The van der Waals surface area contributed by atoms with Crippen LogP contribution >= 0.6 is 0 Å². The Balaban J connectivity index is 1.56. The van der Waals surface area contributed by atoms with Crippen LogP contribution in [0.3, 0.4) is 0 Å². The fourth-order valence-corrected chi connectivity index (χ4v) is 4.71. The first-order valence-electron chi connectivity index (χ1n) is 9.39. The lowest BCUT2D eigenvalue weighted by molar-refractivity contribution is -0.140. The molecule has 8 nitrogen and oxygen atoms in total. The molecule has 1 heterocycles. The van der Waals surface area contributed by atoms with Crippen molar-refractivity contribution in [2.24, 2.45) is 11.8 Å². The molecule has 1 saturated heterocycles. The molecule has 0 bridgehead atoms. The fraction of sp³-hybridized carbons (Fsp3) is 0.526. The van der Waals surface area contributed by atoms with Crippen molar-refractivity contribution in [3.05, 3.63) is 24.3 Å². The molecular formula is C19H25N3O5S. The molecule has 3 rings (SSSR count). The normalized spacial score (nSPS) is 22.5. The minimum absolute atomic E-state index is 0.00860. The Hall–Kier alpha value is -2.26. The summed E-state index contributed by atoms with van der Waals surface area (Å²) in [4.78, 5) is 38.4. The summed E-state index contributed by atoms with van der Waals surface area (Å²) in [5.41, 5.74) is 0.454. The van der Waals surface area contributed by atoms with Crippen molar-refractivity contribution in [3.63, 3.8) is 0 Å². The number of hydrogen-bond acceptors (Lipinski definition) is 5. The fourth-order valence-electron chi connectivity index (χ4n) is 3.81. The zero-order valence-electron chi connectivity index (χ0n) is 16.1. The van der Waals surface area contributed by atoms with E-state index in [4.69, 9.17) is 0 Å². The van der Waals surface area contributed by atoms with Crippen LogP contribution in [0.25, 0.3) is 0 Å². The van der Waals surface area contributed by atoms with Gasteiger partial charge in [0, 0.05) is 32.7 Å². The van der Waals surface area contributed by atoms with Gasteiger partial charge < -0.3 is 5.32 Å². The second-order valence-corrected chi connectivity index (χ2v) is 9.59. The van der Waals surface area contributed by atoms with Crippen LogP contribution in [-0.4, -0.2) is 56.0 Å². The van der Waals surface area contributed by atoms with Gasteiger partial charge in [0.25, 0.3) is 0 Å². The van der Waals surface area contributed by atoms with Gasteiger partial charge in [0.15, 0.2) is 0 Å². The predicted molar refractivity (Wildman–Crippen MR) is 103 cm³/mol. The number of fused-ring (bicyclic) bond motifs is 1. The van der Waals surface area contributed by atoms with Gasteiger partial charge >= 0.3 is 0 Å². The first-order valence-corrected chi connectivity index (χ1v) is 10.8. The van der Waals surface area contributed by atoms with Crippen LogP contribution in [0.5, 0.6) is 0 Å². The number of rotatable bonds is 6. The summed E-state index contributed by atoms with van der Waals surface area (Å²) >= 11 is 0. The van der Waals surface area contributed by atoms with E-state index in [1.807, 2.05) is 0 Å². The molecule has 2 aliphatic rings. The summed E-state index contributed by atoms with van der Waals surface area (Å²) in [6, 6.07) is 5.86. The Morgan fingerprint density at radius 1 is 1.07 bits per heavy atom. The standard InChI is InChI=1S/C19H25N3O5S/c1-21(2)28(26,27)14-9-7-13(8-10-14)20-17(23)11-12-22-18(24)15-5-3-4-6-16(15)19(22)25/h7-10,15-16H,3-6,11-12H2,1-2H3,(H,20,23)/t15-,16-/m0/s1. The first-order chi connectivity index (χ1) is 13.2. The number of nitrogens with zero attached hydrogens (tertiary/aromatic N) is 2. The number of nitrogens with one attached hydrogen (secondary N) is 1. The molecule has 1 aromatic rings. The van der Waals surface area contributed by atoms with Crippen LogP contribution < -0.4 is 5.32 Å². The zero-order chi connectivity index (χ0) is 20.5. The van der Waals surface area contributed by atoms with E-state index in [0.29, 0.717) is 5.69 Å². The highest BCUT2D eigenvalue weighted by Gasteiger charge is 2.47. The summed E-state index contributed by atoms with van der Waals surface area (Å²) in [6.07, 6.45) is 3.44. The Labute approximate surface area is 164 Å². The van der Waals surface area contributed by atoms with E-state index in [2.05, 4.69) is 5.32 Å². The largest absolute Gasteiger partial charge is 0.326 e. The SMILES string of the molecule is CN(C)S(=O)(=O)c1ccc(NC(=O)CCN2C(=O)[C@H]3CCCC[C@@H]3C2=O)cc1. The van der Waals surface area contributed by atoms with Crippen molar-refractivity contribution < 1.29 is 22.8 Å². The lowest BCUT2D eigenvalue weighted by Crippen LogP contribution is -2.34. The van der Waals surface area contributed by atoms with Gasteiger partial charge in [-0.25, -0.2) is 12.7 Å². The third kappa shape index (κ3) is 3.95. The predicted octanol–water partition coefficient (Wildman–Crippen LogP) is 1.44. The summed E-state index contributed by atoms with van der Waals surface area (Å²) in [5.74, 6) is -1.06. The summed E-state index contributed by atoms with van der Waals surface area (Å²) in [6.45, 7) is 0.0730. The van der Waals surface area contributed by atoms with Crippen molar-refractivity contribution in [2.75, 3.05) is 26.0 Å². The Morgan fingerprint density at radius 2 is 1.61 bits per heavy atom. The smallest absolute Gasteiger partial charge is 0.242 e. The van der Waals surface area contributed by atoms with Crippen LogP contribution in [0.2, 0.25) is 0 Å². The zero-order valence-corrected chi connectivity index (χ0v) is 16.9. The number of hydrogen-bond donors (Lipinski definition) is 1. The highest BCUT2D eigenvalue weighted by Crippen LogP contribution is 2.37. The number of imide groups is 1. The van der Waals surface area contributed by atoms with Crippen LogP contribution in [0, 0.1) is 11.8 Å². The Kier molecular flexibility index (Phi) is 5.85. The van der Waals surface area contributed by atoms with Crippen molar-refractivity contribution in [2.45, 2.75) is 37.0 Å². The average Bonchev–Trinajstić information content (AvgIpc) is 2.91. The molecule has 2 fully saturated rings. The molecule has 9 heteroatoms. The maximum atomic E-state index is 12.4. The van der Waals surface area contributed by atoms with Gasteiger partial charge in [0.1, 0.15) is 0 Å². The average molecular weight is 407 g/mol. The maximum absolute atomic E-state index is 12.4. The molecule has 1 N–H and O–H groups in total. The first kappa shape index (κ1) is 20.5. The van der Waals surface area contributed by atoms with Crippen LogP contribution in [0.4, 0.5) is 5.69 Å². The Bertz CT molecular complexity index is 855. The van der Waals surface area contributed by atoms with E-state index in [0.717, 1.165) is 30.0 Å². The van der Waals surface area contributed by atoms with E-state index in [1.54, 1.807) is 0 Å². The van der Waals surface area contributed by atoms with E-state index >= 15 is 0 Å². The van der Waals surface area contributed by atoms with Gasteiger partial charge in [-0.15, -0.1) is 0 Å². The van der Waals surface area contributed by atoms with Gasteiger partial charge in [0.2, 0.25) is 27.7 Å². The summed E-state index contributed by atoms with van der Waals surface area (Å²) < 4.78 is 25.2. The monoisotopic (exact) mass is 407 g/mol. The molecule has 0 spiro atoms. The van der Waals surface area contributed by atoms with Crippen LogP contribution in [0.1, 0.15) is 32.1 Å². The maximum Gasteiger partial charge on any atom is 0.242 e. The highest BCUT2D eigenvalue weighted by atomic mass is 32.2. The van der Waals surface area contributed by atoms with E-state index in [1.165, 1.54) is 43.3 Å². The van der Waals surface area contributed by atoms with Gasteiger partial charge in [0.05, 0.1) is 16.7 Å². The lowest BCUT2D eigenvalue weighted by Gasteiger charge is -2.19. The molecule has 1 aliphatic carbocycles. The Morgan fingerprint density at radius 3 is 2.11 bits per heavy atom. The number of amides is 3. The molecule has 1 aromatic carbocycles. The summed E-state index contributed by atoms with van der Waals surface area (Å²) in [7, 11) is -0.634. The quantitative estimate of drug-likeness (QED) is 0.719. The van der Waals surface area contributed by atoms with Crippen LogP contribution in [-0.2, 0) is 24.4 Å². The van der Waals surface area contributed by atoms with Crippen molar-refractivity contribution in [1.29, 1.82) is 0 Å². The number of carbonyl (C=O) groups excluding carboxylic acids is 3. The number of anilines is 1. The molecule has 28 heavy (non-hydrogen) atoms. The lowest BCUT2D eigenvalue weighted by atomic mass is 9.81. The number of benzene rings is 1.